The van der Waals surface area contributed by atoms with E-state index >= 15 is 0 Å². The van der Waals surface area contributed by atoms with E-state index in [0.717, 1.165) is 56.1 Å². The van der Waals surface area contributed by atoms with Gasteiger partial charge >= 0.3 is 0 Å². The number of methoxy groups -OCH3 is 1. The molecule has 7 heteroatoms. The number of hydrogen-bond acceptors (Lipinski definition) is 4. The van der Waals surface area contributed by atoms with Gasteiger partial charge in [-0.1, -0.05) is 42.5 Å². The third-order valence-electron chi connectivity index (χ3n) is 6.75. The molecule has 0 atom stereocenters. The smallest absolute Gasteiger partial charge is 0.227 e. The quantitative estimate of drug-likeness (QED) is 0.445. The molecule has 1 fully saturated rings. The van der Waals surface area contributed by atoms with Crippen LogP contribution in [0.5, 0.6) is 5.75 Å². The number of carbonyl (C=O) groups excluding carboxylic acids is 1. The van der Waals surface area contributed by atoms with E-state index in [1.54, 1.807) is 7.11 Å². The topological polar surface area (TPSA) is 36.0 Å². The Labute approximate surface area is 220 Å². The van der Waals surface area contributed by atoms with Gasteiger partial charge in [-0.2, -0.15) is 0 Å². The number of hydrogen-bond donors (Lipinski definition) is 0. The number of benzene rings is 3. The average molecular weight is 514 g/mol. The number of aryl methyl sites for hydroxylation is 1. The molecule has 0 N–H and O–H groups in total. The molecule has 0 aliphatic carbocycles. The van der Waals surface area contributed by atoms with Crippen LogP contribution in [-0.4, -0.2) is 44.1 Å². The van der Waals surface area contributed by atoms with E-state index in [0.29, 0.717) is 13.0 Å². The number of halogens is 2. The van der Waals surface area contributed by atoms with Crippen molar-refractivity contribution in [3.8, 4) is 5.75 Å². The van der Waals surface area contributed by atoms with Crippen molar-refractivity contribution in [2.75, 3.05) is 43.1 Å². The van der Waals surface area contributed by atoms with Gasteiger partial charge in [-0.25, -0.2) is 0 Å². The summed E-state index contributed by atoms with van der Waals surface area (Å²) in [6, 6.07) is 25.2. The maximum absolute atomic E-state index is 12.7. The van der Waals surface area contributed by atoms with Gasteiger partial charge < -0.3 is 14.5 Å². The fraction of sp³-hybridized carbons (Fsp3) is 0.321. The standard InChI is InChI=1S/C28H31N3O2.2ClH/c1-33-26-11-7-23(8-12-26)20-29-15-17-30(18-16-29)25-10-13-27-24(19-25)9-14-28(32)31(27)21-22-5-3-2-4-6-22;;/h2-8,10-13,19H,9,14-18,20-21H2,1H3;2*1H. The number of piperazine rings is 1. The summed E-state index contributed by atoms with van der Waals surface area (Å²) in [4.78, 5) is 19.6. The molecule has 2 heterocycles. The highest BCUT2D eigenvalue weighted by atomic mass is 35.5. The first kappa shape index (κ1) is 26.9. The molecule has 5 nitrogen and oxygen atoms in total. The molecule has 0 aromatic heterocycles. The van der Waals surface area contributed by atoms with Crippen LogP contribution in [0.4, 0.5) is 11.4 Å². The number of nitrogens with zero attached hydrogens (tertiary/aromatic N) is 3. The number of amides is 1. The molecule has 0 bridgehead atoms. The molecule has 1 saturated heterocycles. The van der Waals surface area contributed by atoms with Crippen molar-refractivity contribution in [1.29, 1.82) is 0 Å². The van der Waals surface area contributed by atoms with Gasteiger partial charge in [-0.05, 0) is 53.4 Å². The SMILES string of the molecule is COc1ccc(CN2CCN(c3ccc4c(c3)CCC(=O)N4Cc3ccccc3)CC2)cc1.Cl.Cl. The first-order valence-corrected chi connectivity index (χ1v) is 11.8. The van der Waals surface area contributed by atoms with Gasteiger partial charge in [0.1, 0.15) is 5.75 Å². The van der Waals surface area contributed by atoms with E-state index in [4.69, 9.17) is 4.74 Å². The second-order valence-electron chi connectivity index (χ2n) is 8.89. The highest BCUT2D eigenvalue weighted by Gasteiger charge is 2.26. The van der Waals surface area contributed by atoms with Crippen LogP contribution in [0, 0.1) is 0 Å². The van der Waals surface area contributed by atoms with E-state index in [2.05, 4.69) is 52.3 Å². The third kappa shape index (κ3) is 6.29. The number of anilines is 2. The fourth-order valence-electron chi connectivity index (χ4n) is 4.84. The van der Waals surface area contributed by atoms with Crippen LogP contribution in [-0.2, 0) is 24.3 Å². The molecular formula is C28H33Cl2N3O2. The number of rotatable bonds is 6. The van der Waals surface area contributed by atoms with Crippen LogP contribution >= 0.6 is 24.8 Å². The van der Waals surface area contributed by atoms with Gasteiger partial charge in [-0.3, -0.25) is 9.69 Å². The Morgan fingerprint density at radius 1 is 0.771 bits per heavy atom. The Morgan fingerprint density at radius 2 is 1.46 bits per heavy atom. The zero-order chi connectivity index (χ0) is 22.6. The minimum atomic E-state index is 0. The summed E-state index contributed by atoms with van der Waals surface area (Å²) in [5.74, 6) is 1.12. The van der Waals surface area contributed by atoms with Gasteiger partial charge in [0.15, 0.2) is 0 Å². The van der Waals surface area contributed by atoms with Crippen molar-refractivity contribution >= 4 is 42.1 Å². The third-order valence-corrected chi connectivity index (χ3v) is 6.75. The lowest BCUT2D eigenvalue weighted by Crippen LogP contribution is -2.46. The Balaban J connectivity index is 0.00000171. The van der Waals surface area contributed by atoms with Crippen LogP contribution in [0.25, 0.3) is 0 Å². The molecule has 0 spiro atoms. The van der Waals surface area contributed by atoms with Gasteiger partial charge in [0, 0.05) is 50.5 Å². The molecule has 186 valence electrons. The minimum absolute atomic E-state index is 0. The lowest BCUT2D eigenvalue weighted by Gasteiger charge is -2.37. The number of carbonyl (C=O) groups is 1. The molecule has 0 radical (unpaired) electrons. The van der Waals surface area contributed by atoms with E-state index in [1.807, 2.05) is 35.2 Å². The largest absolute Gasteiger partial charge is 0.497 e. The van der Waals surface area contributed by atoms with Crippen molar-refractivity contribution in [3.63, 3.8) is 0 Å². The molecule has 5 rings (SSSR count). The van der Waals surface area contributed by atoms with Crippen molar-refractivity contribution in [3.05, 3.63) is 89.5 Å². The summed E-state index contributed by atoms with van der Waals surface area (Å²) in [5, 5.41) is 0. The van der Waals surface area contributed by atoms with E-state index in [-0.39, 0.29) is 30.7 Å². The number of ether oxygens (including phenoxy) is 1. The summed E-state index contributed by atoms with van der Waals surface area (Å²) >= 11 is 0. The van der Waals surface area contributed by atoms with Crippen molar-refractivity contribution in [1.82, 2.24) is 4.90 Å². The minimum Gasteiger partial charge on any atom is -0.497 e. The first-order chi connectivity index (χ1) is 16.2. The number of fused-ring (bicyclic) bond motifs is 1. The van der Waals surface area contributed by atoms with Crippen LogP contribution in [0.2, 0.25) is 0 Å². The monoisotopic (exact) mass is 513 g/mol. The molecule has 0 saturated carbocycles. The summed E-state index contributed by atoms with van der Waals surface area (Å²) in [6.45, 7) is 5.72. The van der Waals surface area contributed by atoms with Crippen LogP contribution in [0.1, 0.15) is 23.1 Å². The summed E-state index contributed by atoms with van der Waals surface area (Å²) < 4.78 is 5.26. The van der Waals surface area contributed by atoms with Gasteiger partial charge in [-0.15, -0.1) is 24.8 Å². The maximum Gasteiger partial charge on any atom is 0.227 e. The molecule has 0 unspecified atom stereocenters. The fourth-order valence-corrected chi connectivity index (χ4v) is 4.84. The van der Waals surface area contributed by atoms with Gasteiger partial charge in [0.25, 0.3) is 0 Å². The van der Waals surface area contributed by atoms with Crippen molar-refractivity contribution in [2.45, 2.75) is 25.9 Å². The van der Waals surface area contributed by atoms with Crippen molar-refractivity contribution < 1.29 is 9.53 Å². The lowest BCUT2D eigenvalue weighted by atomic mass is 9.99. The Hall–Kier alpha value is -2.73. The predicted molar refractivity (Wildman–Crippen MR) is 147 cm³/mol. The lowest BCUT2D eigenvalue weighted by molar-refractivity contribution is -0.119. The van der Waals surface area contributed by atoms with Gasteiger partial charge in [0.05, 0.1) is 13.7 Å². The summed E-state index contributed by atoms with van der Waals surface area (Å²) in [6.07, 6.45) is 1.41. The molecule has 2 aliphatic rings. The van der Waals surface area contributed by atoms with E-state index in [1.165, 1.54) is 16.8 Å². The molecule has 2 aliphatic heterocycles. The highest BCUT2D eigenvalue weighted by molar-refractivity contribution is 5.96. The first-order valence-electron chi connectivity index (χ1n) is 11.8. The molecular weight excluding hydrogens is 481 g/mol. The van der Waals surface area contributed by atoms with E-state index in [9.17, 15) is 4.79 Å². The zero-order valence-corrected chi connectivity index (χ0v) is 21.7. The maximum atomic E-state index is 12.7. The van der Waals surface area contributed by atoms with Gasteiger partial charge in [0.2, 0.25) is 5.91 Å². The molecule has 1 amide bonds. The summed E-state index contributed by atoms with van der Waals surface area (Å²) in [7, 11) is 1.70. The predicted octanol–water partition coefficient (Wildman–Crippen LogP) is 5.34. The second kappa shape index (κ2) is 12.3. The van der Waals surface area contributed by atoms with Crippen LogP contribution in [0.15, 0.2) is 72.8 Å². The van der Waals surface area contributed by atoms with Crippen LogP contribution in [0.3, 0.4) is 0 Å². The zero-order valence-electron chi connectivity index (χ0n) is 20.1. The highest BCUT2D eigenvalue weighted by Crippen LogP contribution is 2.33. The molecule has 35 heavy (non-hydrogen) atoms. The molecule has 3 aromatic carbocycles. The normalized spacial score (nSPS) is 15.6. The van der Waals surface area contributed by atoms with Crippen molar-refractivity contribution in [2.24, 2.45) is 0 Å². The average Bonchev–Trinajstić information content (AvgIpc) is 2.87. The Kier molecular flexibility index (Phi) is 9.44. The Bertz CT molecular complexity index is 1100. The Morgan fingerprint density at radius 3 is 2.14 bits per heavy atom. The second-order valence-corrected chi connectivity index (χ2v) is 8.89. The molecule has 3 aromatic rings. The summed E-state index contributed by atoms with van der Waals surface area (Å²) in [5.41, 5.74) is 6.10. The van der Waals surface area contributed by atoms with Crippen LogP contribution < -0.4 is 14.5 Å². The van der Waals surface area contributed by atoms with E-state index < -0.39 is 0 Å².